The Morgan fingerprint density at radius 1 is 1.16 bits per heavy atom. The number of nitrogens with one attached hydrogen (secondary N) is 2. The zero-order chi connectivity index (χ0) is 21.6. The molecule has 0 bridgehead atoms. The molecule has 10 heteroatoms. The van der Waals surface area contributed by atoms with Gasteiger partial charge >= 0.3 is 6.18 Å². The number of aliphatic imine (C=N–C) groups is 1. The van der Waals surface area contributed by atoms with E-state index in [0.29, 0.717) is 32.3 Å². The number of nitrogens with zero attached hydrogens (tertiary/aromatic N) is 2. The van der Waals surface area contributed by atoms with Crippen molar-refractivity contribution in [3.8, 4) is 0 Å². The first-order chi connectivity index (χ1) is 14.3. The summed E-state index contributed by atoms with van der Waals surface area (Å²) in [5.41, 5.74) is -0.00423. The van der Waals surface area contributed by atoms with Crippen LogP contribution in [0.4, 0.5) is 13.2 Å². The number of alkyl halides is 3. The lowest BCUT2D eigenvalue weighted by molar-refractivity contribution is -0.137. The average Bonchev–Trinajstić information content (AvgIpc) is 3.17. The highest BCUT2D eigenvalue weighted by molar-refractivity contribution is 14.0. The smallest absolute Gasteiger partial charge is 0.379 e. The molecule has 0 radical (unpaired) electrons. The van der Waals surface area contributed by atoms with Gasteiger partial charge < -0.3 is 20.1 Å². The SMILES string of the molecule is CN=C(NCC(c1ccc(C(F)(F)F)cc1)N1CCOCC1)NCC1(C)CCCO1.I. The van der Waals surface area contributed by atoms with Crippen molar-refractivity contribution in [1.82, 2.24) is 15.5 Å². The Morgan fingerprint density at radius 3 is 2.39 bits per heavy atom. The Bertz CT molecular complexity index is 704. The Hall–Kier alpha value is -1.11. The van der Waals surface area contributed by atoms with Crippen molar-refractivity contribution in [1.29, 1.82) is 0 Å². The maximum atomic E-state index is 12.9. The van der Waals surface area contributed by atoms with E-state index in [0.717, 1.165) is 50.2 Å². The number of morpholine rings is 1. The number of hydrogen-bond acceptors (Lipinski definition) is 4. The summed E-state index contributed by atoms with van der Waals surface area (Å²) in [4.78, 5) is 6.51. The van der Waals surface area contributed by atoms with Gasteiger partial charge in [-0.15, -0.1) is 24.0 Å². The number of ether oxygens (including phenoxy) is 2. The van der Waals surface area contributed by atoms with Gasteiger partial charge in [0.1, 0.15) is 0 Å². The fraction of sp³-hybridized carbons (Fsp3) is 0.667. The van der Waals surface area contributed by atoms with Gasteiger partial charge in [-0.1, -0.05) is 12.1 Å². The molecule has 2 aliphatic rings. The minimum absolute atomic E-state index is 0. The van der Waals surface area contributed by atoms with Crippen LogP contribution in [-0.2, 0) is 15.7 Å². The molecular formula is C21H32F3IN4O2. The molecule has 2 unspecified atom stereocenters. The Kier molecular flexibility index (Phi) is 9.84. The highest BCUT2D eigenvalue weighted by Crippen LogP contribution is 2.31. The maximum Gasteiger partial charge on any atom is 0.416 e. The molecule has 2 heterocycles. The quantitative estimate of drug-likeness (QED) is 0.320. The van der Waals surface area contributed by atoms with Crippen LogP contribution in [0, 0.1) is 0 Å². The first kappa shape index (κ1) is 26.1. The molecule has 3 rings (SSSR count). The molecule has 0 saturated carbocycles. The first-order valence-corrected chi connectivity index (χ1v) is 10.4. The maximum absolute atomic E-state index is 12.9. The number of halogens is 4. The summed E-state index contributed by atoms with van der Waals surface area (Å²) in [5, 5.41) is 6.64. The van der Waals surface area contributed by atoms with E-state index in [1.54, 1.807) is 19.2 Å². The summed E-state index contributed by atoms with van der Waals surface area (Å²) in [6.07, 6.45) is -2.29. The number of benzene rings is 1. The fourth-order valence-corrected chi connectivity index (χ4v) is 3.90. The van der Waals surface area contributed by atoms with Crippen molar-refractivity contribution in [2.75, 3.05) is 53.0 Å². The van der Waals surface area contributed by atoms with Crippen LogP contribution >= 0.6 is 24.0 Å². The summed E-state index contributed by atoms with van der Waals surface area (Å²) in [6.45, 7) is 6.70. The third-order valence-electron chi connectivity index (χ3n) is 5.73. The van der Waals surface area contributed by atoms with Crippen LogP contribution in [-0.4, -0.2) is 69.5 Å². The van der Waals surface area contributed by atoms with E-state index in [4.69, 9.17) is 9.47 Å². The van der Waals surface area contributed by atoms with E-state index >= 15 is 0 Å². The van der Waals surface area contributed by atoms with Gasteiger partial charge in [-0.05, 0) is 37.5 Å². The van der Waals surface area contributed by atoms with E-state index in [-0.39, 0.29) is 35.6 Å². The van der Waals surface area contributed by atoms with Gasteiger partial charge in [0, 0.05) is 39.8 Å². The summed E-state index contributed by atoms with van der Waals surface area (Å²) >= 11 is 0. The van der Waals surface area contributed by atoms with Crippen LogP contribution in [0.25, 0.3) is 0 Å². The third-order valence-corrected chi connectivity index (χ3v) is 5.73. The second kappa shape index (κ2) is 11.7. The molecule has 1 aromatic carbocycles. The van der Waals surface area contributed by atoms with Gasteiger partial charge in [0.2, 0.25) is 0 Å². The van der Waals surface area contributed by atoms with Gasteiger partial charge in [0.25, 0.3) is 0 Å². The van der Waals surface area contributed by atoms with Crippen molar-refractivity contribution < 1.29 is 22.6 Å². The normalized spacial score (nSPS) is 23.8. The Morgan fingerprint density at radius 2 is 1.84 bits per heavy atom. The zero-order valence-electron chi connectivity index (χ0n) is 18.0. The minimum atomic E-state index is -4.34. The van der Waals surface area contributed by atoms with Crippen molar-refractivity contribution in [3.05, 3.63) is 35.4 Å². The topological polar surface area (TPSA) is 58.1 Å². The predicted molar refractivity (Wildman–Crippen MR) is 125 cm³/mol. The average molecular weight is 556 g/mol. The molecule has 176 valence electrons. The van der Waals surface area contributed by atoms with Gasteiger partial charge in [-0.25, -0.2) is 0 Å². The van der Waals surface area contributed by atoms with Crippen LogP contribution in [0.3, 0.4) is 0 Å². The van der Waals surface area contributed by atoms with Crippen molar-refractivity contribution >= 4 is 29.9 Å². The summed E-state index contributed by atoms with van der Waals surface area (Å²) in [6, 6.07) is 5.33. The summed E-state index contributed by atoms with van der Waals surface area (Å²) in [7, 11) is 1.70. The zero-order valence-corrected chi connectivity index (χ0v) is 20.3. The monoisotopic (exact) mass is 556 g/mol. The van der Waals surface area contributed by atoms with Crippen LogP contribution < -0.4 is 10.6 Å². The Balaban J connectivity index is 0.00000341. The van der Waals surface area contributed by atoms with Crippen molar-refractivity contribution in [2.24, 2.45) is 4.99 Å². The molecule has 2 fully saturated rings. The van der Waals surface area contributed by atoms with E-state index < -0.39 is 11.7 Å². The highest BCUT2D eigenvalue weighted by atomic mass is 127. The van der Waals surface area contributed by atoms with Crippen LogP contribution in [0.1, 0.15) is 36.9 Å². The molecule has 2 saturated heterocycles. The molecule has 0 spiro atoms. The molecular weight excluding hydrogens is 524 g/mol. The first-order valence-electron chi connectivity index (χ1n) is 10.4. The van der Waals surface area contributed by atoms with Gasteiger partial charge in [0.15, 0.2) is 5.96 Å². The minimum Gasteiger partial charge on any atom is -0.379 e. The molecule has 2 aliphatic heterocycles. The molecule has 0 aromatic heterocycles. The molecule has 31 heavy (non-hydrogen) atoms. The lowest BCUT2D eigenvalue weighted by atomic mass is 10.0. The highest BCUT2D eigenvalue weighted by Gasteiger charge is 2.32. The lowest BCUT2D eigenvalue weighted by Crippen LogP contribution is -2.49. The van der Waals surface area contributed by atoms with Gasteiger partial charge in [0.05, 0.1) is 30.4 Å². The van der Waals surface area contributed by atoms with Crippen molar-refractivity contribution in [2.45, 2.75) is 37.6 Å². The lowest BCUT2D eigenvalue weighted by Gasteiger charge is -2.35. The summed E-state index contributed by atoms with van der Waals surface area (Å²) in [5.74, 6) is 0.650. The van der Waals surface area contributed by atoms with E-state index in [1.807, 2.05) is 0 Å². The Labute approximate surface area is 199 Å². The molecule has 6 nitrogen and oxygen atoms in total. The molecule has 0 amide bonds. The molecule has 2 N–H and O–H groups in total. The predicted octanol–water partition coefficient (Wildman–Crippen LogP) is 3.43. The number of hydrogen-bond donors (Lipinski definition) is 2. The molecule has 1 aromatic rings. The van der Waals surface area contributed by atoms with Gasteiger partial charge in [-0.2, -0.15) is 13.2 Å². The van der Waals surface area contributed by atoms with Crippen molar-refractivity contribution in [3.63, 3.8) is 0 Å². The van der Waals surface area contributed by atoms with E-state index in [2.05, 4.69) is 27.4 Å². The van der Waals surface area contributed by atoms with E-state index in [1.165, 1.54) is 0 Å². The second-order valence-electron chi connectivity index (χ2n) is 7.99. The number of guanidine groups is 1. The summed E-state index contributed by atoms with van der Waals surface area (Å²) < 4.78 is 50.1. The molecule has 2 atom stereocenters. The standard InChI is InChI=1S/C21H31F3N4O2.HI/c1-20(8-3-11-30-20)15-27-19(25-2)26-14-18(28-9-12-29-13-10-28)16-4-6-17(7-5-16)21(22,23)24;/h4-7,18H,3,8-15H2,1-2H3,(H2,25,26,27);1H. The van der Waals surface area contributed by atoms with E-state index in [9.17, 15) is 13.2 Å². The fourth-order valence-electron chi connectivity index (χ4n) is 3.90. The second-order valence-corrected chi connectivity index (χ2v) is 7.99. The molecule has 0 aliphatic carbocycles. The largest absolute Gasteiger partial charge is 0.416 e. The van der Waals surface area contributed by atoms with Crippen LogP contribution in [0.15, 0.2) is 29.3 Å². The van der Waals surface area contributed by atoms with Gasteiger partial charge in [-0.3, -0.25) is 9.89 Å². The van der Waals surface area contributed by atoms with Crippen LogP contribution in [0.5, 0.6) is 0 Å². The van der Waals surface area contributed by atoms with Crippen LogP contribution in [0.2, 0.25) is 0 Å². The number of rotatable bonds is 6. The third kappa shape index (κ3) is 7.47.